The molecule has 0 spiro atoms. The predicted molar refractivity (Wildman–Crippen MR) is 108 cm³/mol. The van der Waals surface area contributed by atoms with Gasteiger partial charge in [0.15, 0.2) is 0 Å². The van der Waals surface area contributed by atoms with Gasteiger partial charge in [-0.3, -0.25) is 9.69 Å². The third kappa shape index (κ3) is 4.37. The van der Waals surface area contributed by atoms with Crippen LogP contribution < -0.4 is 10.1 Å². The average molecular weight is 377 g/mol. The Balaban J connectivity index is 1.70. The molecule has 2 heterocycles. The molecule has 5 heteroatoms. The van der Waals surface area contributed by atoms with Crippen molar-refractivity contribution < 1.29 is 9.53 Å². The molecule has 1 aromatic carbocycles. The fourth-order valence-corrected chi connectivity index (χ4v) is 4.55. The van der Waals surface area contributed by atoms with E-state index in [1.165, 1.54) is 25.7 Å². The molecule has 1 N–H and O–H groups in total. The molecule has 0 aliphatic carbocycles. The van der Waals surface area contributed by atoms with Crippen LogP contribution in [0, 0.1) is 0 Å². The normalized spacial score (nSPS) is 21.5. The largest absolute Gasteiger partial charge is 0.486 e. The number of nitrogens with zero attached hydrogens (tertiary/aromatic N) is 1. The van der Waals surface area contributed by atoms with Crippen LogP contribution >= 0.6 is 11.8 Å². The zero-order valence-corrected chi connectivity index (χ0v) is 17.4. The lowest BCUT2D eigenvalue weighted by atomic mass is 10.0. The number of hydrogen-bond donors (Lipinski definition) is 1. The minimum absolute atomic E-state index is 0.00260. The van der Waals surface area contributed by atoms with Gasteiger partial charge in [0.25, 0.3) is 5.91 Å². The van der Waals surface area contributed by atoms with Gasteiger partial charge in [0.2, 0.25) is 0 Å². The fraction of sp³-hybridized carbons (Fsp3) is 0.667. The lowest BCUT2D eigenvalue weighted by molar-refractivity contribution is 0.0926. The van der Waals surface area contributed by atoms with Crippen LogP contribution in [0.25, 0.3) is 0 Å². The van der Waals surface area contributed by atoms with Gasteiger partial charge in [-0.2, -0.15) is 0 Å². The molecule has 26 heavy (non-hydrogen) atoms. The molecular weight excluding hydrogens is 344 g/mol. The highest BCUT2D eigenvalue weighted by Crippen LogP contribution is 2.40. The van der Waals surface area contributed by atoms with E-state index >= 15 is 0 Å². The van der Waals surface area contributed by atoms with Crippen molar-refractivity contribution in [2.45, 2.75) is 69.4 Å². The van der Waals surface area contributed by atoms with Crippen molar-refractivity contribution in [3.8, 4) is 5.75 Å². The Bertz CT molecular complexity index is 660. The van der Waals surface area contributed by atoms with Crippen molar-refractivity contribution in [2.75, 3.05) is 25.9 Å². The molecule has 1 amide bonds. The number of thioether (sulfide) groups is 1. The van der Waals surface area contributed by atoms with Gasteiger partial charge in [0, 0.05) is 29.5 Å². The number of unbranched alkanes of at least 4 members (excludes halogenated alkanes) is 1. The van der Waals surface area contributed by atoms with E-state index in [-0.39, 0.29) is 11.5 Å². The third-order valence-electron chi connectivity index (χ3n) is 5.41. The molecule has 2 aliphatic heterocycles. The molecule has 1 saturated heterocycles. The highest BCUT2D eigenvalue weighted by Gasteiger charge is 2.34. The Hall–Kier alpha value is -1.20. The average Bonchev–Trinajstić information content (AvgIpc) is 3.18. The van der Waals surface area contributed by atoms with Crippen molar-refractivity contribution in [3.63, 3.8) is 0 Å². The van der Waals surface area contributed by atoms with Crippen LogP contribution in [0.5, 0.6) is 5.75 Å². The fourth-order valence-electron chi connectivity index (χ4n) is 4.06. The summed E-state index contributed by atoms with van der Waals surface area (Å²) in [5.41, 5.74) is 1.60. The van der Waals surface area contributed by atoms with Crippen molar-refractivity contribution in [2.24, 2.45) is 0 Å². The van der Waals surface area contributed by atoms with E-state index in [0.717, 1.165) is 42.3 Å². The van der Waals surface area contributed by atoms with Gasteiger partial charge in [-0.1, -0.05) is 13.3 Å². The summed E-state index contributed by atoms with van der Waals surface area (Å²) in [6.07, 6.45) is 7.77. The van der Waals surface area contributed by atoms with Crippen molar-refractivity contribution in [3.05, 3.63) is 23.3 Å². The molecule has 0 aromatic heterocycles. The van der Waals surface area contributed by atoms with Crippen molar-refractivity contribution in [1.82, 2.24) is 10.2 Å². The van der Waals surface area contributed by atoms with Gasteiger partial charge in [0.05, 0.1) is 5.56 Å². The third-order valence-corrected chi connectivity index (χ3v) is 6.12. The topological polar surface area (TPSA) is 41.6 Å². The van der Waals surface area contributed by atoms with Crippen LogP contribution in [0.15, 0.2) is 17.0 Å². The maximum Gasteiger partial charge on any atom is 0.255 e. The van der Waals surface area contributed by atoms with Crippen LogP contribution in [0.3, 0.4) is 0 Å². The molecule has 0 saturated carbocycles. The summed E-state index contributed by atoms with van der Waals surface area (Å²) < 4.78 is 6.11. The van der Waals surface area contributed by atoms with E-state index in [1.807, 2.05) is 6.07 Å². The number of rotatable bonds is 7. The van der Waals surface area contributed by atoms with Gasteiger partial charge in [-0.15, -0.1) is 11.8 Å². The molecule has 144 valence electrons. The number of fused-ring (bicyclic) bond motifs is 1. The standard InChI is InChI=1S/C21H32N2O2S/c1-5-6-9-23-10-7-8-16(23)14-22-20(24)18-12-17(26-4)11-15-13-21(2,3)25-19(15)18/h11-12,16H,5-10,13-14H2,1-4H3,(H,22,24). The maximum absolute atomic E-state index is 12.9. The highest BCUT2D eigenvalue weighted by atomic mass is 32.2. The molecular formula is C21H32N2O2S. The second kappa shape index (κ2) is 8.22. The lowest BCUT2D eigenvalue weighted by Crippen LogP contribution is -2.40. The quantitative estimate of drug-likeness (QED) is 0.727. The number of carbonyl (C=O) groups is 1. The molecule has 4 nitrogen and oxygen atoms in total. The predicted octanol–water partition coefficient (Wildman–Crippen LogP) is 4.12. The summed E-state index contributed by atoms with van der Waals surface area (Å²) >= 11 is 1.68. The number of nitrogens with one attached hydrogen (secondary N) is 1. The summed E-state index contributed by atoms with van der Waals surface area (Å²) in [6.45, 7) is 9.42. The first-order chi connectivity index (χ1) is 12.4. The Labute approximate surface area is 162 Å². The number of likely N-dealkylation sites (tertiary alicyclic amines) is 1. The molecule has 0 radical (unpaired) electrons. The molecule has 1 atom stereocenters. The summed E-state index contributed by atoms with van der Waals surface area (Å²) in [7, 11) is 0. The molecule has 2 aliphatic rings. The van der Waals surface area contributed by atoms with Gasteiger partial charge in [-0.05, 0) is 64.6 Å². The van der Waals surface area contributed by atoms with Crippen LogP contribution in [0.1, 0.15) is 62.4 Å². The van der Waals surface area contributed by atoms with Crippen LogP contribution in [0.4, 0.5) is 0 Å². The van der Waals surface area contributed by atoms with E-state index in [0.29, 0.717) is 11.6 Å². The second-order valence-corrected chi connectivity index (χ2v) is 8.98. The van der Waals surface area contributed by atoms with Crippen molar-refractivity contribution >= 4 is 17.7 Å². The Morgan fingerprint density at radius 3 is 2.96 bits per heavy atom. The Morgan fingerprint density at radius 1 is 1.42 bits per heavy atom. The molecule has 3 rings (SSSR count). The SMILES string of the molecule is CCCCN1CCCC1CNC(=O)c1cc(SC)cc2c1OC(C)(C)C2. The summed E-state index contributed by atoms with van der Waals surface area (Å²) in [5.74, 6) is 0.775. The van der Waals surface area contributed by atoms with Crippen LogP contribution in [0.2, 0.25) is 0 Å². The van der Waals surface area contributed by atoms with E-state index in [2.05, 4.69) is 43.3 Å². The number of amides is 1. The number of ether oxygens (including phenoxy) is 1. The first-order valence-electron chi connectivity index (χ1n) is 9.85. The van der Waals surface area contributed by atoms with Gasteiger partial charge >= 0.3 is 0 Å². The number of carbonyl (C=O) groups excluding carboxylic acids is 1. The number of benzene rings is 1. The zero-order chi connectivity index (χ0) is 18.7. The van der Waals surface area contributed by atoms with Crippen LogP contribution in [-0.2, 0) is 6.42 Å². The minimum atomic E-state index is -0.239. The summed E-state index contributed by atoms with van der Waals surface area (Å²) in [6, 6.07) is 4.61. The van der Waals surface area contributed by atoms with Gasteiger partial charge < -0.3 is 10.1 Å². The molecule has 1 aromatic rings. The van der Waals surface area contributed by atoms with E-state index < -0.39 is 0 Å². The van der Waals surface area contributed by atoms with E-state index in [9.17, 15) is 4.79 Å². The minimum Gasteiger partial charge on any atom is -0.486 e. The molecule has 1 unspecified atom stereocenters. The van der Waals surface area contributed by atoms with Gasteiger partial charge in [0.1, 0.15) is 11.4 Å². The van der Waals surface area contributed by atoms with Crippen molar-refractivity contribution in [1.29, 1.82) is 0 Å². The smallest absolute Gasteiger partial charge is 0.255 e. The lowest BCUT2D eigenvalue weighted by Gasteiger charge is -2.24. The highest BCUT2D eigenvalue weighted by molar-refractivity contribution is 7.98. The first kappa shape index (κ1) is 19.6. The van der Waals surface area contributed by atoms with Gasteiger partial charge in [-0.25, -0.2) is 0 Å². The van der Waals surface area contributed by atoms with E-state index in [1.54, 1.807) is 11.8 Å². The Kier molecular flexibility index (Phi) is 6.18. The zero-order valence-electron chi connectivity index (χ0n) is 16.6. The molecule has 0 bridgehead atoms. The first-order valence-corrected chi connectivity index (χ1v) is 11.1. The second-order valence-electron chi connectivity index (χ2n) is 8.10. The molecule has 1 fully saturated rings. The van der Waals surface area contributed by atoms with E-state index in [4.69, 9.17) is 4.74 Å². The Morgan fingerprint density at radius 2 is 2.23 bits per heavy atom. The maximum atomic E-state index is 12.9. The summed E-state index contributed by atoms with van der Waals surface area (Å²) in [5, 5.41) is 3.19. The monoisotopic (exact) mass is 376 g/mol. The van der Waals surface area contributed by atoms with Crippen LogP contribution in [-0.4, -0.2) is 48.3 Å². The summed E-state index contributed by atoms with van der Waals surface area (Å²) in [4.78, 5) is 16.6. The number of hydrogen-bond acceptors (Lipinski definition) is 4.